The van der Waals surface area contributed by atoms with Crippen LogP contribution in [0, 0.1) is 0 Å². The average Bonchev–Trinajstić information content (AvgIpc) is 3.81. The van der Waals surface area contributed by atoms with Crippen molar-refractivity contribution in [1.29, 1.82) is 0 Å². The molecule has 0 radical (unpaired) electrons. The molecular weight excluding hydrogens is 627 g/mol. The first-order valence-corrected chi connectivity index (χ1v) is 18.3. The summed E-state index contributed by atoms with van der Waals surface area (Å²) in [6.07, 6.45) is 0.939. The van der Waals surface area contributed by atoms with Gasteiger partial charge in [-0.15, -0.1) is 11.3 Å². The SMILES string of the molecule is CCc1cccc2oc3c(cc(N(c4ccc(-c5ccccc5)cc4)c4ccc5c(c4)C(C)(C)c4ccccc4-5)c4sc5ccccc5c43)c12. The van der Waals surface area contributed by atoms with Crippen molar-refractivity contribution in [2.75, 3.05) is 4.90 Å². The molecule has 50 heavy (non-hydrogen) atoms. The molecule has 2 heterocycles. The Bertz CT molecular complexity index is 2770. The van der Waals surface area contributed by atoms with Gasteiger partial charge in [0, 0.05) is 43.0 Å². The summed E-state index contributed by atoms with van der Waals surface area (Å²) >= 11 is 1.85. The van der Waals surface area contributed by atoms with E-state index >= 15 is 0 Å². The van der Waals surface area contributed by atoms with Crippen LogP contribution in [0.1, 0.15) is 37.5 Å². The van der Waals surface area contributed by atoms with Crippen molar-refractivity contribution in [2.45, 2.75) is 32.6 Å². The number of nitrogens with zero attached hydrogens (tertiary/aromatic N) is 1. The Kier molecular flexibility index (Phi) is 6.40. The van der Waals surface area contributed by atoms with Gasteiger partial charge in [-0.3, -0.25) is 0 Å². The summed E-state index contributed by atoms with van der Waals surface area (Å²) < 4.78 is 9.29. The highest BCUT2D eigenvalue weighted by atomic mass is 32.1. The highest BCUT2D eigenvalue weighted by Gasteiger charge is 2.36. The highest BCUT2D eigenvalue weighted by molar-refractivity contribution is 7.26. The number of rotatable bonds is 5. The monoisotopic (exact) mass is 661 g/mol. The van der Waals surface area contributed by atoms with Crippen LogP contribution < -0.4 is 4.90 Å². The molecule has 1 aliphatic rings. The normalized spacial score (nSPS) is 13.3. The molecule has 7 aromatic carbocycles. The molecule has 0 saturated heterocycles. The number of benzene rings is 7. The summed E-state index contributed by atoms with van der Waals surface area (Å²) in [4.78, 5) is 2.48. The van der Waals surface area contributed by atoms with Gasteiger partial charge in [0.05, 0.1) is 10.4 Å². The Morgan fingerprint density at radius 2 is 1.32 bits per heavy atom. The van der Waals surface area contributed by atoms with E-state index in [0.717, 1.165) is 29.0 Å². The topological polar surface area (TPSA) is 16.4 Å². The largest absolute Gasteiger partial charge is 0.455 e. The molecule has 0 amide bonds. The summed E-state index contributed by atoms with van der Waals surface area (Å²) in [6.45, 7) is 6.96. The Morgan fingerprint density at radius 1 is 0.600 bits per heavy atom. The molecule has 240 valence electrons. The maximum absolute atomic E-state index is 6.80. The Labute approximate surface area is 295 Å². The van der Waals surface area contributed by atoms with Crippen molar-refractivity contribution in [3.63, 3.8) is 0 Å². The number of hydrogen-bond acceptors (Lipinski definition) is 3. The zero-order chi connectivity index (χ0) is 33.6. The van der Waals surface area contributed by atoms with Crippen LogP contribution in [0.4, 0.5) is 17.1 Å². The van der Waals surface area contributed by atoms with Gasteiger partial charge < -0.3 is 9.32 Å². The zero-order valence-electron chi connectivity index (χ0n) is 28.3. The summed E-state index contributed by atoms with van der Waals surface area (Å²) in [5, 5.41) is 4.81. The van der Waals surface area contributed by atoms with Gasteiger partial charge in [-0.05, 0) is 87.8 Å². The van der Waals surface area contributed by atoms with Gasteiger partial charge in [0.25, 0.3) is 0 Å². The van der Waals surface area contributed by atoms with Crippen LogP contribution in [0.5, 0.6) is 0 Å². The molecule has 0 N–H and O–H groups in total. The average molecular weight is 662 g/mol. The first-order valence-electron chi connectivity index (χ1n) is 17.5. The fraction of sp³-hybridized carbons (Fsp3) is 0.106. The van der Waals surface area contributed by atoms with E-state index in [4.69, 9.17) is 4.42 Å². The third-order valence-electron chi connectivity index (χ3n) is 10.9. The minimum atomic E-state index is -0.113. The van der Waals surface area contributed by atoms with Crippen molar-refractivity contribution >= 4 is 70.5 Å². The van der Waals surface area contributed by atoms with Crippen LogP contribution in [-0.4, -0.2) is 0 Å². The summed E-state index contributed by atoms with van der Waals surface area (Å²) in [5.74, 6) is 0. The summed E-state index contributed by atoms with van der Waals surface area (Å²) in [6, 6.07) is 53.4. The molecule has 3 heteroatoms. The second-order valence-electron chi connectivity index (χ2n) is 14.0. The second-order valence-corrected chi connectivity index (χ2v) is 15.0. The maximum Gasteiger partial charge on any atom is 0.144 e. The van der Waals surface area contributed by atoms with Crippen molar-refractivity contribution < 1.29 is 4.42 Å². The van der Waals surface area contributed by atoms with Crippen molar-refractivity contribution in [2.24, 2.45) is 0 Å². The molecule has 0 unspecified atom stereocenters. The predicted molar refractivity (Wildman–Crippen MR) is 214 cm³/mol. The molecule has 10 rings (SSSR count). The highest BCUT2D eigenvalue weighted by Crippen LogP contribution is 2.53. The molecule has 2 aromatic heterocycles. The van der Waals surface area contributed by atoms with Gasteiger partial charge in [0.1, 0.15) is 11.2 Å². The van der Waals surface area contributed by atoms with E-state index in [-0.39, 0.29) is 5.41 Å². The molecule has 0 spiro atoms. The van der Waals surface area contributed by atoms with Gasteiger partial charge in [0.15, 0.2) is 0 Å². The first-order chi connectivity index (χ1) is 24.5. The fourth-order valence-corrected chi connectivity index (χ4v) is 9.58. The van der Waals surface area contributed by atoms with Gasteiger partial charge in [-0.25, -0.2) is 0 Å². The molecule has 0 bridgehead atoms. The smallest absolute Gasteiger partial charge is 0.144 e. The fourth-order valence-electron chi connectivity index (χ4n) is 8.38. The van der Waals surface area contributed by atoms with Gasteiger partial charge >= 0.3 is 0 Å². The van der Waals surface area contributed by atoms with Crippen LogP contribution >= 0.6 is 11.3 Å². The molecule has 9 aromatic rings. The lowest BCUT2D eigenvalue weighted by Crippen LogP contribution is -2.16. The van der Waals surface area contributed by atoms with E-state index in [1.165, 1.54) is 75.6 Å². The second kappa shape index (κ2) is 10.9. The number of fused-ring (bicyclic) bond motifs is 10. The summed E-state index contributed by atoms with van der Waals surface area (Å²) in [5.41, 5.74) is 14.4. The Morgan fingerprint density at radius 3 is 2.16 bits per heavy atom. The minimum Gasteiger partial charge on any atom is -0.455 e. The lowest BCUT2D eigenvalue weighted by atomic mass is 9.82. The van der Waals surface area contributed by atoms with Crippen LogP contribution in [0.3, 0.4) is 0 Å². The molecular formula is C47H35NOS. The third-order valence-corrected chi connectivity index (χ3v) is 12.0. The van der Waals surface area contributed by atoms with Crippen LogP contribution in [0.15, 0.2) is 150 Å². The van der Waals surface area contributed by atoms with Crippen molar-refractivity contribution in [3.8, 4) is 22.3 Å². The van der Waals surface area contributed by atoms with Gasteiger partial charge in [-0.2, -0.15) is 0 Å². The van der Waals surface area contributed by atoms with E-state index in [1.807, 2.05) is 11.3 Å². The van der Waals surface area contributed by atoms with Crippen molar-refractivity contribution in [3.05, 3.63) is 162 Å². The summed E-state index contributed by atoms with van der Waals surface area (Å²) in [7, 11) is 0. The molecule has 0 atom stereocenters. The number of hydrogen-bond donors (Lipinski definition) is 0. The van der Waals surface area contributed by atoms with Crippen LogP contribution in [-0.2, 0) is 11.8 Å². The zero-order valence-corrected chi connectivity index (χ0v) is 29.1. The van der Waals surface area contributed by atoms with Crippen LogP contribution in [0.2, 0.25) is 0 Å². The number of furan rings is 1. The third kappa shape index (κ3) is 4.20. The standard InChI is InChI=1S/C47H35NOS/c1-4-29-15-12-19-41-43(29)37-28-40(46-44(45(37)49-41)36-17-9-11-20-42(36)50-46)48(32-23-21-31(22-24-32)30-13-6-5-7-14-30)33-25-26-35-34-16-8-10-18-38(34)47(2,3)39(35)27-33/h5-28H,4H2,1-3H3. The lowest BCUT2D eigenvalue weighted by Gasteiger charge is -2.29. The van der Waals surface area contributed by atoms with Crippen molar-refractivity contribution in [1.82, 2.24) is 0 Å². The van der Waals surface area contributed by atoms with E-state index < -0.39 is 0 Å². The maximum atomic E-state index is 6.80. The van der Waals surface area contributed by atoms with E-state index in [0.29, 0.717) is 0 Å². The molecule has 2 nitrogen and oxygen atoms in total. The molecule has 0 aliphatic heterocycles. The lowest BCUT2D eigenvalue weighted by molar-refractivity contribution is 0.660. The first kappa shape index (κ1) is 29.3. The number of aryl methyl sites for hydroxylation is 1. The quantitative estimate of drug-likeness (QED) is 0.182. The number of thiophene rings is 1. The number of anilines is 3. The van der Waals surface area contributed by atoms with E-state index in [1.54, 1.807) is 0 Å². The van der Waals surface area contributed by atoms with Crippen LogP contribution in [0.25, 0.3) is 64.4 Å². The Hall–Kier alpha value is -5.64. The van der Waals surface area contributed by atoms with Gasteiger partial charge in [-0.1, -0.05) is 124 Å². The van der Waals surface area contributed by atoms with Gasteiger partial charge in [0.2, 0.25) is 0 Å². The Balaban J connectivity index is 1.29. The molecule has 0 fully saturated rings. The van der Waals surface area contributed by atoms with E-state index in [9.17, 15) is 0 Å². The minimum absolute atomic E-state index is 0.113. The predicted octanol–water partition coefficient (Wildman–Crippen LogP) is 14.0. The van der Waals surface area contributed by atoms with E-state index in [2.05, 4.69) is 171 Å². The molecule has 1 aliphatic carbocycles. The molecule has 0 saturated carbocycles.